The molecule has 4 heteroatoms. The van der Waals surface area contributed by atoms with E-state index in [4.69, 9.17) is 5.26 Å². The van der Waals surface area contributed by atoms with Gasteiger partial charge in [0, 0.05) is 13.0 Å². The summed E-state index contributed by atoms with van der Waals surface area (Å²) in [5.41, 5.74) is 0. The number of hydrogen-bond acceptors (Lipinski definition) is 3. The van der Waals surface area contributed by atoms with Crippen LogP contribution in [0.3, 0.4) is 0 Å². The number of carbonyl (C=O) groups excluding carboxylic acids is 1. The zero-order valence-electron chi connectivity index (χ0n) is 9.75. The van der Waals surface area contributed by atoms with Crippen molar-refractivity contribution in [2.75, 3.05) is 26.2 Å². The van der Waals surface area contributed by atoms with Crippen LogP contribution in [-0.4, -0.2) is 37.0 Å². The van der Waals surface area contributed by atoms with E-state index in [0.29, 0.717) is 19.5 Å². The molecule has 0 aromatic carbocycles. The standard InChI is InChI=1S/C11H21N3O/c1-3-13-11(15)10-14(4-2)9-7-5-6-8-12/h3-7,9-10H2,1-2H3,(H,13,15). The van der Waals surface area contributed by atoms with Gasteiger partial charge in [-0.1, -0.05) is 6.92 Å². The fraction of sp³-hybridized carbons (Fsp3) is 0.818. The van der Waals surface area contributed by atoms with Crippen LogP contribution in [0, 0.1) is 11.3 Å². The molecule has 0 atom stereocenters. The lowest BCUT2D eigenvalue weighted by atomic mass is 10.2. The Morgan fingerprint density at radius 2 is 2.13 bits per heavy atom. The Morgan fingerprint density at radius 3 is 2.67 bits per heavy atom. The third-order valence-electron chi connectivity index (χ3n) is 2.20. The molecule has 0 aromatic rings. The molecule has 0 aliphatic heterocycles. The Morgan fingerprint density at radius 1 is 1.40 bits per heavy atom. The highest BCUT2D eigenvalue weighted by molar-refractivity contribution is 5.77. The van der Waals surface area contributed by atoms with Crippen molar-refractivity contribution in [3.63, 3.8) is 0 Å². The van der Waals surface area contributed by atoms with Gasteiger partial charge < -0.3 is 5.32 Å². The quantitative estimate of drug-likeness (QED) is 0.612. The van der Waals surface area contributed by atoms with Crippen molar-refractivity contribution in [1.29, 1.82) is 5.26 Å². The average molecular weight is 211 g/mol. The van der Waals surface area contributed by atoms with E-state index < -0.39 is 0 Å². The van der Waals surface area contributed by atoms with Crippen LogP contribution in [0.5, 0.6) is 0 Å². The summed E-state index contributed by atoms with van der Waals surface area (Å²) in [5.74, 6) is 0.0830. The maximum absolute atomic E-state index is 11.3. The first-order valence-electron chi connectivity index (χ1n) is 5.60. The second-order valence-corrected chi connectivity index (χ2v) is 3.44. The van der Waals surface area contributed by atoms with E-state index in [1.165, 1.54) is 0 Å². The van der Waals surface area contributed by atoms with Crippen LogP contribution in [-0.2, 0) is 4.79 Å². The minimum atomic E-state index is 0.0830. The Labute approximate surface area is 92.3 Å². The van der Waals surface area contributed by atoms with Crippen LogP contribution in [0.1, 0.15) is 33.1 Å². The topological polar surface area (TPSA) is 56.1 Å². The molecule has 0 aliphatic rings. The second kappa shape index (κ2) is 9.47. The van der Waals surface area contributed by atoms with Crippen molar-refractivity contribution >= 4 is 5.91 Å². The van der Waals surface area contributed by atoms with Gasteiger partial charge in [0.2, 0.25) is 5.91 Å². The summed E-state index contributed by atoms with van der Waals surface area (Å²) in [4.78, 5) is 13.4. The van der Waals surface area contributed by atoms with Gasteiger partial charge in [-0.3, -0.25) is 9.69 Å². The van der Waals surface area contributed by atoms with Gasteiger partial charge in [0.05, 0.1) is 12.6 Å². The molecule has 0 saturated carbocycles. The minimum absolute atomic E-state index is 0.0830. The van der Waals surface area contributed by atoms with Gasteiger partial charge in [-0.05, 0) is 32.9 Å². The summed E-state index contributed by atoms with van der Waals surface area (Å²) in [6.45, 7) is 6.89. The number of carbonyl (C=O) groups is 1. The molecular formula is C11H21N3O. The van der Waals surface area contributed by atoms with Gasteiger partial charge in [0.15, 0.2) is 0 Å². The smallest absolute Gasteiger partial charge is 0.234 e. The van der Waals surface area contributed by atoms with Crippen LogP contribution in [0.15, 0.2) is 0 Å². The van der Waals surface area contributed by atoms with Gasteiger partial charge in [0.25, 0.3) is 0 Å². The van der Waals surface area contributed by atoms with Crippen LogP contribution < -0.4 is 5.32 Å². The molecule has 0 bridgehead atoms. The molecule has 0 rings (SSSR count). The van der Waals surface area contributed by atoms with Gasteiger partial charge >= 0.3 is 0 Å². The molecular weight excluding hydrogens is 190 g/mol. The van der Waals surface area contributed by atoms with E-state index in [1.807, 2.05) is 13.8 Å². The Hall–Kier alpha value is -1.08. The van der Waals surface area contributed by atoms with E-state index in [-0.39, 0.29) is 5.91 Å². The maximum atomic E-state index is 11.3. The molecule has 0 fully saturated rings. The fourth-order valence-electron chi connectivity index (χ4n) is 1.34. The number of nitrogens with zero attached hydrogens (tertiary/aromatic N) is 2. The predicted molar refractivity (Wildman–Crippen MR) is 60.3 cm³/mol. The molecule has 0 unspecified atom stereocenters. The van der Waals surface area contributed by atoms with E-state index in [0.717, 1.165) is 25.9 Å². The molecule has 0 aromatic heterocycles. The van der Waals surface area contributed by atoms with Gasteiger partial charge in [0.1, 0.15) is 0 Å². The molecule has 0 aliphatic carbocycles. The van der Waals surface area contributed by atoms with Gasteiger partial charge in [-0.2, -0.15) is 5.26 Å². The van der Waals surface area contributed by atoms with Crippen molar-refractivity contribution in [1.82, 2.24) is 10.2 Å². The SMILES string of the molecule is CCNC(=O)CN(CC)CCCCC#N. The normalized spacial score (nSPS) is 10.0. The van der Waals surface area contributed by atoms with E-state index in [1.54, 1.807) is 0 Å². The average Bonchev–Trinajstić information content (AvgIpc) is 2.23. The van der Waals surface area contributed by atoms with Crippen LogP contribution in [0.25, 0.3) is 0 Å². The third-order valence-corrected chi connectivity index (χ3v) is 2.20. The third kappa shape index (κ3) is 7.95. The summed E-state index contributed by atoms with van der Waals surface area (Å²) in [7, 11) is 0. The summed E-state index contributed by atoms with van der Waals surface area (Å²) >= 11 is 0. The van der Waals surface area contributed by atoms with Crippen LogP contribution in [0.2, 0.25) is 0 Å². The number of nitrogens with one attached hydrogen (secondary N) is 1. The minimum Gasteiger partial charge on any atom is -0.355 e. The van der Waals surface area contributed by atoms with Gasteiger partial charge in [-0.15, -0.1) is 0 Å². The predicted octanol–water partition coefficient (Wildman–Crippen LogP) is 1.14. The highest BCUT2D eigenvalue weighted by atomic mass is 16.2. The van der Waals surface area contributed by atoms with Crippen molar-refractivity contribution in [2.45, 2.75) is 33.1 Å². The number of rotatable bonds is 8. The summed E-state index contributed by atoms with van der Waals surface area (Å²) in [6, 6.07) is 2.12. The highest BCUT2D eigenvalue weighted by Gasteiger charge is 2.07. The first kappa shape index (κ1) is 13.9. The molecule has 0 radical (unpaired) electrons. The Bertz CT molecular complexity index is 210. The molecule has 0 saturated heterocycles. The second-order valence-electron chi connectivity index (χ2n) is 3.44. The Balaban J connectivity index is 3.63. The fourth-order valence-corrected chi connectivity index (χ4v) is 1.34. The lowest BCUT2D eigenvalue weighted by molar-refractivity contribution is -0.122. The number of likely N-dealkylation sites (N-methyl/N-ethyl adjacent to an activating group) is 2. The van der Waals surface area contributed by atoms with Crippen LogP contribution in [0.4, 0.5) is 0 Å². The molecule has 0 spiro atoms. The van der Waals surface area contributed by atoms with Crippen LogP contribution >= 0.6 is 0 Å². The molecule has 0 heterocycles. The Kier molecular flexibility index (Phi) is 8.79. The first-order valence-corrected chi connectivity index (χ1v) is 5.60. The van der Waals surface area contributed by atoms with Gasteiger partial charge in [-0.25, -0.2) is 0 Å². The van der Waals surface area contributed by atoms with E-state index in [9.17, 15) is 4.79 Å². The van der Waals surface area contributed by atoms with E-state index >= 15 is 0 Å². The number of hydrogen-bond donors (Lipinski definition) is 1. The monoisotopic (exact) mass is 211 g/mol. The molecule has 86 valence electrons. The number of unbranched alkanes of at least 4 members (excludes halogenated alkanes) is 2. The lowest BCUT2D eigenvalue weighted by Gasteiger charge is -2.19. The lowest BCUT2D eigenvalue weighted by Crippen LogP contribution is -2.37. The zero-order chi connectivity index (χ0) is 11.5. The van der Waals surface area contributed by atoms with Crippen molar-refractivity contribution in [2.24, 2.45) is 0 Å². The number of amides is 1. The summed E-state index contributed by atoms with van der Waals surface area (Å²) in [6.07, 6.45) is 2.52. The largest absolute Gasteiger partial charge is 0.355 e. The zero-order valence-corrected chi connectivity index (χ0v) is 9.75. The summed E-state index contributed by atoms with van der Waals surface area (Å²) in [5, 5.41) is 11.2. The highest BCUT2D eigenvalue weighted by Crippen LogP contribution is 1.97. The molecule has 15 heavy (non-hydrogen) atoms. The van der Waals surface area contributed by atoms with Crippen molar-refractivity contribution in [3.05, 3.63) is 0 Å². The van der Waals surface area contributed by atoms with Crippen molar-refractivity contribution in [3.8, 4) is 6.07 Å². The maximum Gasteiger partial charge on any atom is 0.234 e. The summed E-state index contributed by atoms with van der Waals surface area (Å²) < 4.78 is 0. The van der Waals surface area contributed by atoms with E-state index in [2.05, 4.69) is 16.3 Å². The van der Waals surface area contributed by atoms with Crippen molar-refractivity contribution < 1.29 is 4.79 Å². The first-order chi connectivity index (χ1) is 7.24. The molecule has 1 N–H and O–H groups in total. The molecule has 4 nitrogen and oxygen atoms in total. The molecule has 1 amide bonds. The number of nitriles is 1.